The molecule has 1 aromatic heterocycles. The lowest BCUT2D eigenvalue weighted by molar-refractivity contribution is 0.628. The number of nitrogens with one attached hydrogen (secondary N) is 1. The van der Waals surface area contributed by atoms with Gasteiger partial charge >= 0.3 is 0 Å². The van der Waals surface area contributed by atoms with Crippen molar-refractivity contribution in [2.24, 2.45) is 0 Å². The first kappa shape index (κ1) is 11.3. The molecule has 2 rings (SSSR count). The fraction of sp³-hybridized carbons (Fsp3) is 0.250. The van der Waals surface area contributed by atoms with Gasteiger partial charge in [0.2, 0.25) is 0 Å². The summed E-state index contributed by atoms with van der Waals surface area (Å²) in [5, 5.41) is 7.89. The molecule has 84 valence electrons. The summed E-state index contributed by atoms with van der Waals surface area (Å²) in [6.07, 6.45) is 1.82. The van der Waals surface area contributed by atoms with Gasteiger partial charge in [0.15, 0.2) is 0 Å². The molecule has 0 aliphatic rings. The smallest absolute Gasteiger partial charge is 0.123 e. The average molecular weight is 283 g/mol. The van der Waals surface area contributed by atoms with Crippen LogP contribution < -0.4 is 0 Å². The third-order valence-corrected chi connectivity index (χ3v) is 3.54. The Bertz CT molecular complexity index is 464. The lowest BCUT2D eigenvalue weighted by atomic mass is 10.00. The van der Waals surface area contributed by atoms with Gasteiger partial charge in [0.25, 0.3) is 0 Å². The number of H-pyrrole nitrogens is 1. The number of hydrogen-bond acceptors (Lipinski definition) is 1. The van der Waals surface area contributed by atoms with Crippen LogP contribution >= 0.6 is 15.9 Å². The maximum Gasteiger partial charge on any atom is 0.123 e. The van der Waals surface area contributed by atoms with Crippen LogP contribution in [0.1, 0.15) is 18.4 Å². The number of aromatic nitrogens is 2. The molecule has 0 amide bonds. The Morgan fingerprint density at radius 2 is 2.06 bits per heavy atom. The van der Waals surface area contributed by atoms with Crippen molar-refractivity contribution in [2.75, 3.05) is 5.33 Å². The second-order valence-corrected chi connectivity index (χ2v) is 4.41. The second kappa shape index (κ2) is 4.78. The highest BCUT2D eigenvalue weighted by Gasteiger charge is 2.13. The highest BCUT2D eigenvalue weighted by Crippen LogP contribution is 2.28. The van der Waals surface area contributed by atoms with Crippen LogP contribution in [-0.4, -0.2) is 15.5 Å². The van der Waals surface area contributed by atoms with Crippen LogP contribution in [0, 0.1) is 5.82 Å². The monoisotopic (exact) mass is 282 g/mol. The predicted octanol–water partition coefficient (Wildman–Crippen LogP) is 3.71. The maximum absolute atomic E-state index is 12.8. The van der Waals surface area contributed by atoms with Gasteiger partial charge in [-0.1, -0.05) is 22.9 Å². The van der Waals surface area contributed by atoms with Gasteiger partial charge in [0.05, 0.1) is 11.9 Å². The van der Waals surface area contributed by atoms with Gasteiger partial charge in [0.1, 0.15) is 5.82 Å². The Balaban J connectivity index is 2.40. The van der Waals surface area contributed by atoms with E-state index in [-0.39, 0.29) is 5.82 Å². The van der Waals surface area contributed by atoms with E-state index in [2.05, 4.69) is 33.1 Å². The highest BCUT2D eigenvalue weighted by atomic mass is 79.9. The van der Waals surface area contributed by atoms with Crippen LogP contribution in [0.4, 0.5) is 4.39 Å². The number of halogens is 2. The first-order valence-electron chi connectivity index (χ1n) is 5.07. The molecular weight excluding hydrogens is 271 g/mol. The van der Waals surface area contributed by atoms with E-state index >= 15 is 0 Å². The molecule has 2 aromatic rings. The summed E-state index contributed by atoms with van der Waals surface area (Å²) >= 11 is 3.45. The molecule has 1 atom stereocenters. The third-order valence-electron chi connectivity index (χ3n) is 2.56. The van der Waals surface area contributed by atoms with Crippen molar-refractivity contribution in [3.8, 4) is 11.3 Å². The molecule has 0 saturated heterocycles. The van der Waals surface area contributed by atoms with E-state index in [1.54, 1.807) is 12.1 Å². The zero-order chi connectivity index (χ0) is 11.5. The zero-order valence-corrected chi connectivity index (χ0v) is 10.5. The highest BCUT2D eigenvalue weighted by molar-refractivity contribution is 9.09. The summed E-state index contributed by atoms with van der Waals surface area (Å²) in [5.74, 6) is 0.150. The Labute approximate surface area is 102 Å². The number of nitrogens with zero attached hydrogens (tertiary/aromatic N) is 1. The zero-order valence-electron chi connectivity index (χ0n) is 8.87. The normalized spacial score (nSPS) is 12.7. The lowest BCUT2D eigenvalue weighted by Gasteiger charge is -2.08. The van der Waals surface area contributed by atoms with Gasteiger partial charge < -0.3 is 0 Å². The van der Waals surface area contributed by atoms with E-state index in [0.29, 0.717) is 5.92 Å². The molecule has 2 nitrogen and oxygen atoms in total. The summed E-state index contributed by atoms with van der Waals surface area (Å²) in [6, 6.07) is 6.43. The molecule has 1 N–H and O–H groups in total. The van der Waals surface area contributed by atoms with Crippen LogP contribution in [-0.2, 0) is 0 Å². The minimum Gasteiger partial charge on any atom is -0.278 e. The molecule has 1 unspecified atom stereocenters. The van der Waals surface area contributed by atoms with Gasteiger partial charge in [0, 0.05) is 16.5 Å². The Kier molecular flexibility index (Phi) is 3.39. The summed E-state index contributed by atoms with van der Waals surface area (Å²) in [4.78, 5) is 0. The first-order chi connectivity index (χ1) is 7.72. The van der Waals surface area contributed by atoms with Crippen molar-refractivity contribution < 1.29 is 4.39 Å². The summed E-state index contributed by atoms with van der Waals surface area (Å²) in [6.45, 7) is 2.12. The van der Waals surface area contributed by atoms with Gasteiger partial charge in [-0.05, 0) is 30.2 Å². The van der Waals surface area contributed by atoms with Crippen LogP contribution in [0.2, 0.25) is 0 Å². The van der Waals surface area contributed by atoms with E-state index < -0.39 is 0 Å². The largest absolute Gasteiger partial charge is 0.278 e. The van der Waals surface area contributed by atoms with E-state index in [1.807, 2.05) is 6.20 Å². The van der Waals surface area contributed by atoms with Gasteiger partial charge in [-0.3, -0.25) is 5.10 Å². The van der Waals surface area contributed by atoms with Crippen LogP contribution in [0.25, 0.3) is 11.3 Å². The molecule has 0 aliphatic heterocycles. The fourth-order valence-corrected chi connectivity index (χ4v) is 1.95. The van der Waals surface area contributed by atoms with Gasteiger partial charge in [-0.2, -0.15) is 5.10 Å². The average Bonchev–Trinajstić information content (AvgIpc) is 2.78. The topological polar surface area (TPSA) is 28.7 Å². The lowest BCUT2D eigenvalue weighted by Crippen LogP contribution is -1.95. The minimum atomic E-state index is -0.224. The molecule has 0 spiro atoms. The molecule has 4 heteroatoms. The molecule has 0 radical (unpaired) electrons. The van der Waals surface area contributed by atoms with E-state index in [0.717, 1.165) is 22.2 Å². The number of rotatable bonds is 3. The summed E-state index contributed by atoms with van der Waals surface area (Å²) in [7, 11) is 0. The molecule has 0 saturated carbocycles. The second-order valence-electron chi connectivity index (χ2n) is 3.76. The summed E-state index contributed by atoms with van der Waals surface area (Å²) in [5.41, 5.74) is 3.07. The van der Waals surface area contributed by atoms with Crippen LogP contribution in [0.5, 0.6) is 0 Å². The predicted molar refractivity (Wildman–Crippen MR) is 66.2 cm³/mol. The number of aromatic amines is 1. The maximum atomic E-state index is 12.8. The van der Waals surface area contributed by atoms with E-state index in [1.165, 1.54) is 12.1 Å². The van der Waals surface area contributed by atoms with Crippen LogP contribution in [0.3, 0.4) is 0 Å². The van der Waals surface area contributed by atoms with Crippen molar-refractivity contribution in [3.63, 3.8) is 0 Å². The first-order valence-corrected chi connectivity index (χ1v) is 6.19. The van der Waals surface area contributed by atoms with E-state index in [4.69, 9.17) is 0 Å². The molecule has 16 heavy (non-hydrogen) atoms. The number of benzene rings is 1. The standard InChI is InChI=1S/C12H12BrFN2/c1-8(6-13)11-7-15-16-12(11)9-2-4-10(14)5-3-9/h2-5,7-8H,6H2,1H3,(H,15,16). The molecule has 1 aromatic carbocycles. The van der Waals surface area contributed by atoms with Gasteiger partial charge in [-0.15, -0.1) is 0 Å². The molecular formula is C12H12BrFN2. The van der Waals surface area contributed by atoms with E-state index in [9.17, 15) is 4.39 Å². The van der Waals surface area contributed by atoms with Crippen molar-refractivity contribution in [2.45, 2.75) is 12.8 Å². The quantitative estimate of drug-likeness (QED) is 0.855. The van der Waals surface area contributed by atoms with Crippen molar-refractivity contribution in [1.82, 2.24) is 10.2 Å². The Hall–Kier alpha value is -1.16. The van der Waals surface area contributed by atoms with Crippen molar-refractivity contribution in [1.29, 1.82) is 0 Å². The molecule has 1 heterocycles. The molecule has 0 bridgehead atoms. The molecule has 0 fully saturated rings. The number of alkyl halides is 1. The van der Waals surface area contributed by atoms with Crippen molar-refractivity contribution in [3.05, 3.63) is 41.8 Å². The minimum absolute atomic E-state index is 0.224. The number of hydrogen-bond donors (Lipinski definition) is 1. The Morgan fingerprint density at radius 3 is 2.69 bits per heavy atom. The third kappa shape index (κ3) is 2.16. The van der Waals surface area contributed by atoms with Crippen molar-refractivity contribution >= 4 is 15.9 Å². The Morgan fingerprint density at radius 1 is 1.38 bits per heavy atom. The van der Waals surface area contributed by atoms with Gasteiger partial charge in [-0.25, -0.2) is 4.39 Å². The summed E-state index contributed by atoms with van der Waals surface area (Å²) < 4.78 is 12.8. The SMILES string of the molecule is CC(CBr)c1cn[nH]c1-c1ccc(F)cc1. The van der Waals surface area contributed by atoms with Crippen LogP contribution in [0.15, 0.2) is 30.5 Å². The molecule has 0 aliphatic carbocycles. The fourth-order valence-electron chi connectivity index (χ4n) is 1.60.